The molecule has 3 saturated carbocycles. The van der Waals surface area contributed by atoms with Gasteiger partial charge < -0.3 is 85.0 Å². The van der Waals surface area contributed by atoms with E-state index < -0.39 is 64.5 Å². The van der Waals surface area contributed by atoms with Gasteiger partial charge in [-0.25, -0.2) is 24.0 Å². The summed E-state index contributed by atoms with van der Waals surface area (Å²) in [6, 6.07) is 16.7. The average Bonchev–Trinajstić information content (AvgIpc) is 1.63. The molecule has 5 heterocycles. The van der Waals surface area contributed by atoms with Crippen LogP contribution in [0.25, 0.3) is 11.1 Å². The number of carbonyl (C=O) groups is 5. The van der Waals surface area contributed by atoms with Crippen LogP contribution in [0, 0.1) is 30.6 Å². The van der Waals surface area contributed by atoms with Gasteiger partial charge in [0.05, 0.1) is 27.9 Å². The Morgan fingerprint density at radius 3 is 1.35 bits per heavy atom. The van der Waals surface area contributed by atoms with Crippen molar-refractivity contribution in [3.63, 3.8) is 0 Å². The first-order chi connectivity index (χ1) is 61.1. The van der Waals surface area contributed by atoms with Crippen LogP contribution in [-0.2, 0) is 37.7 Å². The van der Waals surface area contributed by atoms with E-state index in [0.717, 1.165) is 172 Å². The number of allylic oxidation sites excluding steroid dienone is 5. The van der Waals surface area contributed by atoms with Crippen LogP contribution < -0.4 is 23.7 Å². The zero-order chi connectivity index (χ0) is 95.6. The van der Waals surface area contributed by atoms with E-state index in [4.69, 9.17) is 23.7 Å². The number of ether oxygens (including phenoxy) is 5. The van der Waals surface area contributed by atoms with E-state index in [0.29, 0.717) is 112 Å². The predicted molar refractivity (Wildman–Crippen MR) is 504 cm³/mol. The number of hydrogen-bond acceptors (Lipinski definition) is 17. The summed E-state index contributed by atoms with van der Waals surface area (Å²) >= 11 is 0. The molecular formula is C108H142O22. The highest BCUT2D eigenvalue weighted by Crippen LogP contribution is 2.62. The van der Waals surface area contributed by atoms with E-state index in [1.54, 1.807) is 38.1 Å². The first-order valence-electron chi connectivity index (χ1n) is 47.3. The molecule has 6 aromatic rings. The fourth-order valence-corrected chi connectivity index (χ4v) is 22.2. The molecule has 706 valence electrons. The molecule has 0 radical (unpaired) electrons. The molecule has 3 fully saturated rings. The maximum Gasteiger partial charge on any atom is 0.339 e. The second-order valence-corrected chi connectivity index (χ2v) is 40.1. The zero-order valence-electron chi connectivity index (χ0n) is 79.6. The quantitative estimate of drug-likeness (QED) is 0.0177. The summed E-state index contributed by atoms with van der Waals surface area (Å²) in [5.74, 6) is -2.96. The number of aromatic carboxylic acids is 5. The van der Waals surface area contributed by atoms with Crippen molar-refractivity contribution in [3.8, 4) is 62.9 Å². The van der Waals surface area contributed by atoms with Crippen molar-refractivity contribution in [1.29, 1.82) is 0 Å². The first-order valence-corrected chi connectivity index (χ1v) is 47.3. The molecule has 6 aromatic carbocycles. The molecule has 0 aromatic heterocycles. The number of fused-ring (bicyclic) bond motifs is 15. The van der Waals surface area contributed by atoms with E-state index in [9.17, 15) is 85.3 Å². The van der Waals surface area contributed by atoms with Gasteiger partial charge in [-0.2, -0.15) is 0 Å². The summed E-state index contributed by atoms with van der Waals surface area (Å²) in [7, 11) is 0. The number of benzene rings is 6. The average molecular weight is 1790 g/mol. The maximum absolute atomic E-state index is 12.1. The monoisotopic (exact) mass is 1790 g/mol. The second-order valence-electron chi connectivity index (χ2n) is 40.1. The molecule has 14 atom stereocenters. The number of unbranched alkanes of at least 4 members (excludes halogenated alkanes) is 8. The number of carboxylic acids is 5. The molecule has 9 aliphatic rings. The molecule has 4 aliphatic carbocycles. The van der Waals surface area contributed by atoms with Crippen molar-refractivity contribution in [2.45, 2.75) is 355 Å². The van der Waals surface area contributed by atoms with E-state index in [2.05, 4.69) is 74.3 Å². The van der Waals surface area contributed by atoms with E-state index in [1.807, 2.05) is 85.7 Å². The van der Waals surface area contributed by atoms with Gasteiger partial charge in [0.25, 0.3) is 0 Å². The Balaban J connectivity index is 0.000000157. The van der Waals surface area contributed by atoms with Crippen molar-refractivity contribution in [3.05, 3.63) is 192 Å². The van der Waals surface area contributed by atoms with Crippen LogP contribution in [-0.4, -0.2) is 132 Å². The molecule has 0 saturated heterocycles. The zero-order valence-corrected chi connectivity index (χ0v) is 79.6. The molecule has 0 bridgehead atoms. The Hall–Kier alpha value is -10.3. The van der Waals surface area contributed by atoms with Gasteiger partial charge in [0.1, 0.15) is 104 Å². The molecule has 0 spiro atoms. The van der Waals surface area contributed by atoms with E-state index >= 15 is 0 Å². The number of phenols is 4. The van der Waals surface area contributed by atoms with Gasteiger partial charge in [0.2, 0.25) is 0 Å². The van der Waals surface area contributed by atoms with Gasteiger partial charge in [-0.15, -0.1) is 0 Å². The number of aliphatic hydroxyl groups is 3. The van der Waals surface area contributed by atoms with Gasteiger partial charge in [-0.05, 0) is 280 Å². The summed E-state index contributed by atoms with van der Waals surface area (Å²) in [5.41, 5.74) is 10.1. The lowest BCUT2D eigenvalue weighted by Gasteiger charge is -2.47. The van der Waals surface area contributed by atoms with Gasteiger partial charge in [0, 0.05) is 57.4 Å². The standard InChI is InChI=1S/C22H30O5.C22H30O4.C22H26O4.C22H30O4.C20H26O5/c1-5-6-7-8-13-11-15(23)18-17-14(12(2)3)9-10-22(4,26)20(17)27-19(18)16(13)21(24)25;2*1-5-6-7-8-14-12-17-19(20(23)18(14)21(24)25)15-11-13(2)9-10-16(15)22(3,4)26-17;1-5-6-7-8-14-11-18-17(12-16(14)21(23)24)19-15(13(2)3)9-10-22(4,25)20(19)26-18;1-5-6-11-9-13-16(17(21)14(11)19(22)23)15-12(10(2)3)7-8-20(4,24)18(15)25-13/h11,14,17,20,23,26H,2,5-10H2,1,3-4H3,(H,24,25);9,12,15-16,23H,5-8,10-11H2,1-4H3,(H,24,25);9-12,23H,5-8H2,1-4H3,(H,24,25);11-12,15,19-20,25H,2,5-10H2,1,3-4H3,(H,23,24);9,12,15,18,21,24H,2,5-8H2,1,3-4H3,(H,22,23)/t14-,17+,20-,22-;15-,16-;;15-,19+,20-,22-;12-,15+,18-,20-/m01.00/s1. The van der Waals surface area contributed by atoms with Crippen molar-refractivity contribution in [2.75, 3.05) is 0 Å². The van der Waals surface area contributed by atoms with Crippen molar-refractivity contribution < 1.29 is 109 Å². The van der Waals surface area contributed by atoms with Crippen LogP contribution in [0.5, 0.6) is 51.7 Å². The lowest BCUT2D eigenvalue weighted by molar-refractivity contribution is -0.0827. The Morgan fingerprint density at radius 1 is 0.438 bits per heavy atom. The summed E-state index contributed by atoms with van der Waals surface area (Å²) in [6.07, 6.45) is 22.5. The predicted octanol–water partition coefficient (Wildman–Crippen LogP) is 23.6. The molecule has 0 unspecified atom stereocenters. The normalized spacial score (nSPS) is 25.3. The van der Waals surface area contributed by atoms with Crippen LogP contribution >= 0.6 is 0 Å². The largest absolute Gasteiger partial charge is 0.508 e. The van der Waals surface area contributed by atoms with Crippen LogP contribution in [0.4, 0.5) is 0 Å². The molecule has 5 aliphatic heterocycles. The fraction of sp³-hybridized carbons (Fsp3) is 0.546. The van der Waals surface area contributed by atoms with Crippen molar-refractivity contribution in [2.24, 2.45) is 23.7 Å². The summed E-state index contributed by atoms with van der Waals surface area (Å²) in [4.78, 5) is 59.4. The number of aryl methyl sites for hydroxylation is 6. The van der Waals surface area contributed by atoms with Gasteiger partial charge in [-0.3, -0.25) is 0 Å². The number of phenolic OH excluding ortho intramolecular Hbond substituents is 1. The second kappa shape index (κ2) is 40.4. The van der Waals surface area contributed by atoms with E-state index in [-0.39, 0.29) is 110 Å². The minimum absolute atomic E-state index is 0.00406. The molecule has 15 rings (SSSR count). The molecule has 130 heavy (non-hydrogen) atoms. The lowest BCUT2D eigenvalue weighted by Crippen LogP contribution is -2.50. The summed E-state index contributed by atoms with van der Waals surface area (Å²) < 4.78 is 30.9. The minimum atomic E-state index is -1.14. The Kier molecular flexibility index (Phi) is 31.2. The highest BCUT2D eigenvalue weighted by molar-refractivity contribution is 5.99. The molecular weight excluding hydrogens is 1650 g/mol. The van der Waals surface area contributed by atoms with Crippen LogP contribution in [0.3, 0.4) is 0 Å². The highest BCUT2D eigenvalue weighted by Gasteiger charge is 2.58. The SMILES string of the molecule is C=C(C)[C@@H]1CC[C@](C)(O)[C@H]2Oc3c(C(=O)O)c(CCCCC)cc(O)c3[C@@H]12.C=C(C)[C@@H]1CC[C@](C)(O)[C@H]2Oc3cc(CCC)c(C(=O)O)c(O)c3[C@@H]12.C=C(C)[C@@H]1CC[C@](C)(O)[C@H]2Oc3cc(CCCCC)c(C(=O)O)cc3[C@@H]12.CCCCCc1cc2c(c(O)c1C(=O)O)-c1cc(C)ccc1C(C)(C)O2.CCCCCc1cc2c(c(O)c1C(=O)O)[C@@H]1CC(C)=CC[C@H]1C(C)(C)O2. The van der Waals surface area contributed by atoms with E-state index in [1.165, 1.54) is 5.57 Å². The van der Waals surface area contributed by atoms with Crippen molar-refractivity contribution >= 4 is 29.8 Å². The number of rotatable bonds is 26. The molecule has 22 nitrogen and oxygen atoms in total. The molecule has 12 N–H and O–H groups in total. The van der Waals surface area contributed by atoms with Crippen molar-refractivity contribution in [1.82, 2.24) is 0 Å². The first kappa shape index (κ1) is 100. The third-order valence-corrected chi connectivity index (χ3v) is 29.1. The third-order valence-electron chi connectivity index (χ3n) is 29.1. The Bertz CT molecular complexity index is 5340. The minimum Gasteiger partial charge on any atom is -0.508 e. The smallest absolute Gasteiger partial charge is 0.339 e. The van der Waals surface area contributed by atoms with Crippen LogP contribution in [0.15, 0.2) is 103 Å². The van der Waals surface area contributed by atoms with Gasteiger partial charge in [0.15, 0.2) is 0 Å². The van der Waals surface area contributed by atoms with Gasteiger partial charge >= 0.3 is 29.8 Å². The number of hydrogen-bond donors (Lipinski definition) is 12. The fourth-order valence-electron chi connectivity index (χ4n) is 22.2. The molecule has 0 amide bonds. The lowest BCUT2D eigenvalue weighted by atomic mass is 9.66. The third kappa shape index (κ3) is 20.3. The summed E-state index contributed by atoms with van der Waals surface area (Å²) in [6.45, 7) is 46.1. The topological polar surface area (TPSA) is 374 Å². The highest BCUT2D eigenvalue weighted by atomic mass is 16.5. The van der Waals surface area contributed by atoms with Gasteiger partial charge in [-0.1, -0.05) is 164 Å². The number of carboxylic acid groups (broad SMARTS) is 5. The van der Waals surface area contributed by atoms with Crippen LogP contribution in [0.1, 0.15) is 382 Å². The number of aromatic hydroxyl groups is 4. The summed E-state index contributed by atoms with van der Waals surface area (Å²) in [5, 5.41) is 125. The van der Waals surface area contributed by atoms with Crippen LogP contribution in [0.2, 0.25) is 0 Å². The molecule has 22 heteroatoms. The maximum atomic E-state index is 12.1. The Labute approximate surface area is 767 Å². The Morgan fingerprint density at radius 2 is 0.862 bits per heavy atom.